The molecule has 1 amide bonds. The molecule has 2 heterocycles. The Labute approximate surface area is 200 Å². The van der Waals surface area contributed by atoms with E-state index in [4.69, 9.17) is 14.3 Å². The number of ether oxygens (including phenoxy) is 2. The zero-order valence-corrected chi connectivity index (χ0v) is 20.2. The summed E-state index contributed by atoms with van der Waals surface area (Å²) in [4.78, 5) is 26.1. The number of sulfone groups is 1. The second-order valence-electron chi connectivity index (χ2n) is 6.86. The Balaban J connectivity index is 1.79. The van der Waals surface area contributed by atoms with Crippen LogP contribution >= 0.6 is 11.3 Å². The summed E-state index contributed by atoms with van der Waals surface area (Å²) < 4.78 is 35.0. The van der Waals surface area contributed by atoms with Gasteiger partial charge in [-0.05, 0) is 18.6 Å². The van der Waals surface area contributed by atoms with E-state index < -0.39 is 15.7 Å². The highest BCUT2D eigenvalue weighted by Crippen LogP contribution is 2.20. The minimum atomic E-state index is -3.48. The second kappa shape index (κ2) is 12.3. The number of nitrogens with one attached hydrogen (secondary N) is 2. The first-order valence-electron chi connectivity index (χ1n) is 10.0. The Morgan fingerprint density at radius 2 is 1.97 bits per heavy atom. The maximum atomic E-state index is 13.0. The lowest BCUT2D eigenvalue weighted by molar-refractivity contribution is -0.110. The molecule has 0 bridgehead atoms. The molecular weight excluding hydrogens is 484 g/mol. The van der Waals surface area contributed by atoms with Crippen molar-refractivity contribution in [3.63, 3.8) is 0 Å². The summed E-state index contributed by atoms with van der Waals surface area (Å²) in [7, 11) is -0.403. The maximum absolute atomic E-state index is 13.0. The van der Waals surface area contributed by atoms with Crippen LogP contribution in [-0.2, 0) is 42.2 Å². The van der Waals surface area contributed by atoms with Crippen LogP contribution in [0.4, 0.5) is 5.13 Å². The Kier molecular flexibility index (Phi) is 9.21. The second-order valence-corrected chi connectivity index (χ2v) is 10.1. The molecule has 0 saturated heterocycles. The van der Waals surface area contributed by atoms with Crippen LogP contribution in [0.25, 0.3) is 0 Å². The molecule has 0 saturated carbocycles. The molecule has 0 aliphatic heterocycles. The lowest BCUT2D eigenvalue weighted by Crippen LogP contribution is -2.24. The number of hydrogen-bond acceptors (Lipinski definition) is 11. The number of oxime groups is 1. The molecule has 0 fully saturated rings. The van der Waals surface area contributed by atoms with Gasteiger partial charge in [0.05, 0.1) is 22.1 Å². The van der Waals surface area contributed by atoms with E-state index in [1.54, 1.807) is 13.3 Å². The van der Waals surface area contributed by atoms with Gasteiger partial charge in [0.25, 0.3) is 5.91 Å². The average Bonchev–Trinajstić information content (AvgIpc) is 3.49. The van der Waals surface area contributed by atoms with Gasteiger partial charge in [-0.1, -0.05) is 28.6 Å². The van der Waals surface area contributed by atoms with E-state index >= 15 is 0 Å². The van der Waals surface area contributed by atoms with Gasteiger partial charge in [0.2, 0.25) is 0 Å². The number of anilines is 1. The maximum Gasteiger partial charge on any atom is 0.280 e. The van der Waals surface area contributed by atoms with Crippen molar-refractivity contribution < 1.29 is 27.5 Å². The highest BCUT2D eigenvalue weighted by atomic mass is 32.2. The summed E-state index contributed by atoms with van der Waals surface area (Å²) in [6, 6.07) is 5.85. The van der Waals surface area contributed by atoms with Gasteiger partial charge < -0.3 is 19.3 Å². The van der Waals surface area contributed by atoms with Gasteiger partial charge >= 0.3 is 0 Å². The number of nitrogens with zero attached hydrogens (tertiary/aromatic N) is 4. The van der Waals surface area contributed by atoms with Crippen molar-refractivity contribution in [2.45, 2.75) is 24.5 Å². The molecule has 0 aliphatic rings. The van der Waals surface area contributed by atoms with Crippen LogP contribution in [0, 0.1) is 0 Å². The molecule has 14 heteroatoms. The molecule has 0 atom stereocenters. The van der Waals surface area contributed by atoms with E-state index in [0.717, 1.165) is 4.88 Å². The predicted molar refractivity (Wildman–Crippen MR) is 124 cm³/mol. The molecule has 182 valence electrons. The zero-order chi connectivity index (χ0) is 24.4. The lowest BCUT2D eigenvalue weighted by atomic mass is 10.1. The van der Waals surface area contributed by atoms with Crippen LogP contribution in [0.5, 0.6) is 0 Å². The molecule has 0 spiro atoms. The standard InChI is InChI=1S/C20H24N6O6S2/c1-30-8-3-9-34(28,29)16-6-4-14(5-7-16)18(26-32-12-17-22-13-23-25-17)19(27)24-20-21-10-15(33-20)11-31-2/h4-7,10,13H,3,8-9,11-12H2,1-2H3,(H,21,24,27)(H,22,23,25)/b26-18+. The molecule has 0 radical (unpaired) electrons. The van der Waals surface area contributed by atoms with Gasteiger partial charge in [-0.15, -0.1) is 10.2 Å². The average molecular weight is 509 g/mol. The fourth-order valence-electron chi connectivity index (χ4n) is 2.75. The van der Waals surface area contributed by atoms with Crippen molar-refractivity contribution in [3.8, 4) is 0 Å². The van der Waals surface area contributed by atoms with E-state index in [0.29, 0.717) is 36.2 Å². The SMILES string of the molecule is COCCCS(=O)(=O)c1ccc(/C(=N\OCc2nnc[nH]2)C(=O)Nc2ncc(COC)s2)cc1. The van der Waals surface area contributed by atoms with Crippen LogP contribution in [0.3, 0.4) is 0 Å². The molecule has 3 rings (SSSR count). The molecule has 34 heavy (non-hydrogen) atoms. The van der Waals surface area contributed by atoms with Gasteiger partial charge in [0.15, 0.2) is 33.1 Å². The van der Waals surface area contributed by atoms with Crippen molar-refractivity contribution in [1.82, 2.24) is 20.2 Å². The van der Waals surface area contributed by atoms with E-state index in [9.17, 15) is 13.2 Å². The number of benzene rings is 1. The number of carbonyl (C=O) groups excluding carboxylic acids is 1. The first-order valence-corrected chi connectivity index (χ1v) is 12.5. The van der Waals surface area contributed by atoms with Crippen LogP contribution in [0.15, 0.2) is 46.8 Å². The largest absolute Gasteiger partial charge is 0.387 e. The number of aromatic nitrogens is 4. The smallest absolute Gasteiger partial charge is 0.280 e. The summed E-state index contributed by atoms with van der Waals surface area (Å²) in [5.74, 6) is -0.202. The number of hydrogen-bond donors (Lipinski definition) is 2. The first-order chi connectivity index (χ1) is 16.4. The van der Waals surface area contributed by atoms with E-state index in [2.05, 4.69) is 30.6 Å². The van der Waals surface area contributed by atoms with Crippen molar-refractivity contribution in [2.75, 3.05) is 31.9 Å². The predicted octanol–water partition coefficient (Wildman–Crippen LogP) is 1.78. The molecule has 0 aliphatic carbocycles. The minimum absolute atomic E-state index is 0.0437. The molecule has 12 nitrogen and oxygen atoms in total. The quantitative estimate of drug-likeness (QED) is 0.199. The normalized spacial score (nSPS) is 12.0. The highest BCUT2D eigenvalue weighted by molar-refractivity contribution is 7.91. The summed E-state index contributed by atoms with van der Waals surface area (Å²) in [5, 5.41) is 14.4. The summed E-state index contributed by atoms with van der Waals surface area (Å²) in [6.45, 7) is 0.673. The van der Waals surface area contributed by atoms with Gasteiger partial charge in [-0.2, -0.15) is 0 Å². The van der Waals surface area contributed by atoms with Crippen LogP contribution in [0.2, 0.25) is 0 Å². The van der Waals surface area contributed by atoms with Crippen molar-refractivity contribution in [1.29, 1.82) is 0 Å². The number of thiazole rings is 1. The van der Waals surface area contributed by atoms with Crippen LogP contribution < -0.4 is 5.32 Å². The van der Waals surface area contributed by atoms with Gasteiger partial charge in [-0.25, -0.2) is 13.4 Å². The van der Waals surface area contributed by atoms with Crippen molar-refractivity contribution >= 4 is 37.9 Å². The van der Waals surface area contributed by atoms with Crippen molar-refractivity contribution in [3.05, 3.63) is 53.1 Å². The van der Waals surface area contributed by atoms with E-state index in [1.165, 1.54) is 49.0 Å². The molecule has 3 aromatic rings. The molecule has 1 aromatic carbocycles. The third-order valence-electron chi connectivity index (χ3n) is 4.35. The summed E-state index contributed by atoms with van der Waals surface area (Å²) in [6.07, 6.45) is 3.37. The third-order valence-corrected chi connectivity index (χ3v) is 7.05. The van der Waals surface area contributed by atoms with Crippen LogP contribution in [-0.4, -0.2) is 66.8 Å². The molecular formula is C20H24N6O6S2. The number of rotatable bonds is 13. The topological polar surface area (TPSA) is 158 Å². The highest BCUT2D eigenvalue weighted by Gasteiger charge is 2.20. The number of methoxy groups -OCH3 is 2. The van der Waals surface area contributed by atoms with E-state index in [-0.39, 0.29) is 23.0 Å². The Bertz CT molecular complexity index is 1190. The van der Waals surface area contributed by atoms with E-state index in [1.807, 2.05) is 0 Å². The Hall–Kier alpha value is -3.20. The van der Waals surface area contributed by atoms with Gasteiger partial charge in [0.1, 0.15) is 6.33 Å². The summed E-state index contributed by atoms with van der Waals surface area (Å²) in [5.41, 5.74) is 0.297. The fourth-order valence-corrected chi connectivity index (χ4v) is 4.81. The van der Waals surface area contributed by atoms with Crippen molar-refractivity contribution in [2.24, 2.45) is 5.16 Å². The Morgan fingerprint density at radius 3 is 2.65 bits per heavy atom. The van der Waals surface area contributed by atoms with Crippen LogP contribution in [0.1, 0.15) is 22.7 Å². The molecule has 2 N–H and O–H groups in total. The zero-order valence-electron chi connectivity index (χ0n) is 18.6. The monoisotopic (exact) mass is 508 g/mol. The van der Waals surface area contributed by atoms with Gasteiger partial charge in [-0.3, -0.25) is 10.1 Å². The third kappa shape index (κ3) is 7.15. The number of carbonyl (C=O) groups is 1. The Morgan fingerprint density at radius 1 is 1.18 bits per heavy atom. The lowest BCUT2D eigenvalue weighted by Gasteiger charge is -2.08. The minimum Gasteiger partial charge on any atom is -0.387 e. The molecule has 0 unspecified atom stereocenters. The molecule has 2 aromatic heterocycles. The number of H-pyrrole nitrogens is 1. The number of amides is 1. The summed E-state index contributed by atoms with van der Waals surface area (Å²) >= 11 is 1.26. The van der Waals surface area contributed by atoms with Gasteiger partial charge in [0, 0.05) is 32.6 Å². The fraction of sp³-hybridized carbons (Fsp3) is 0.350. The number of aromatic amines is 1. The first kappa shape index (κ1) is 25.4.